The summed E-state index contributed by atoms with van der Waals surface area (Å²) in [5.41, 5.74) is 0. The van der Waals surface area contributed by atoms with E-state index in [9.17, 15) is 29.7 Å². The summed E-state index contributed by atoms with van der Waals surface area (Å²) >= 11 is 0. The number of carbonyl (C=O) groups is 3. The first-order chi connectivity index (χ1) is 8.31. The van der Waals surface area contributed by atoms with E-state index in [1.165, 1.54) is 0 Å². The van der Waals surface area contributed by atoms with Crippen LogP contribution in [0.4, 0.5) is 0 Å². The number of carbonyl (C=O) groups excluding carboxylic acids is 3. The van der Waals surface area contributed by atoms with Crippen LogP contribution < -0.4 is 52.5 Å². The third kappa shape index (κ3) is 106. The van der Waals surface area contributed by atoms with Gasteiger partial charge in [0.05, 0.1) is 0 Å². The van der Waals surface area contributed by atoms with Crippen LogP contribution in [0.1, 0.15) is 59.3 Å². The molecule has 0 saturated carbocycles. The Balaban J connectivity index is -0.0000000221. The Morgan fingerprint density at radius 1 is 0.565 bits per heavy atom. The molecule has 0 rings (SSSR count). The van der Waals surface area contributed by atoms with Crippen molar-refractivity contribution in [2.45, 2.75) is 59.3 Å². The van der Waals surface area contributed by atoms with Gasteiger partial charge in [-0.1, -0.05) is 40.0 Å². The molecule has 0 bridgehead atoms. The summed E-state index contributed by atoms with van der Waals surface area (Å²) in [5.74, 6) is -2.88. The Hall–Kier alpha value is 0.345. The molecule has 0 N–H and O–H groups in total. The molecule has 0 atom stereocenters. The van der Waals surface area contributed by atoms with E-state index in [1.54, 1.807) is 20.8 Å². The van der Waals surface area contributed by atoms with E-state index in [1.807, 2.05) is 0 Å². The van der Waals surface area contributed by atoms with Crippen LogP contribution >= 0.6 is 0 Å². The second kappa shape index (κ2) is 43.2. The molecule has 0 spiro atoms. The SMILES string of the molecule is CCCC(=O)[O-].CCCC(=O)[O-].CCCC(=O)[O-].[Al+3].[Al+3].[Cl-].[Cl-].[Cl-]. The summed E-state index contributed by atoms with van der Waals surface area (Å²) in [6.07, 6.45) is 2.55. The normalized spacial score (nSPS) is 6.39. The maximum Gasteiger partial charge on any atom is 3.00 e. The minimum Gasteiger partial charge on any atom is -1.00 e. The molecule has 0 aliphatic carbocycles. The summed E-state index contributed by atoms with van der Waals surface area (Å²) in [6, 6.07) is 0. The number of hydrogen-bond donors (Lipinski definition) is 0. The Bertz CT molecular complexity index is 209. The van der Waals surface area contributed by atoms with Crippen LogP contribution in [-0.2, 0) is 14.4 Å². The molecular formula is C12H21Al2Cl3O6. The maximum atomic E-state index is 9.49. The fraction of sp³-hybridized carbons (Fsp3) is 0.750. The molecule has 132 valence electrons. The van der Waals surface area contributed by atoms with Gasteiger partial charge in [0, 0.05) is 17.9 Å². The third-order valence-corrected chi connectivity index (χ3v) is 1.36. The molecule has 0 aliphatic rings. The van der Waals surface area contributed by atoms with Crippen molar-refractivity contribution in [3.63, 3.8) is 0 Å². The fourth-order valence-electron chi connectivity index (χ4n) is 0.612. The van der Waals surface area contributed by atoms with Crippen LogP contribution in [0, 0.1) is 0 Å². The van der Waals surface area contributed by atoms with Crippen molar-refractivity contribution in [1.29, 1.82) is 0 Å². The van der Waals surface area contributed by atoms with Gasteiger partial charge >= 0.3 is 34.7 Å². The van der Waals surface area contributed by atoms with Crippen molar-refractivity contribution in [3.8, 4) is 0 Å². The summed E-state index contributed by atoms with van der Waals surface area (Å²) in [6.45, 7) is 5.40. The van der Waals surface area contributed by atoms with Gasteiger partial charge in [-0.15, -0.1) is 0 Å². The van der Waals surface area contributed by atoms with E-state index in [-0.39, 0.29) is 91.2 Å². The Kier molecular flexibility index (Phi) is 93.1. The summed E-state index contributed by atoms with van der Waals surface area (Å²) in [5, 5.41) is 28.5. The van der Waals surface area contributed by atoms with Gasteiger partial charge in [-0.2, -0.15) is 0 Å². The van der Waals surface area contributed by atoms with Crippen molar-refractivity contribution in [2.75, 3.05) is 0 Å². The zero-order valence-electron chi connectivity index (χ0n) is 13.5. The van der Waals surface area contributed by atoms with Gasteiger partial charge in [-0.3, -0.25) is 0 Å². The molecule has 0 radical (unpaired) electrons. The van der Waals surface area contributed by atoms with E-state index < -0.39 is 17.9 Å². The first-order valence-corrected chi connectivity index (χ1v) is 5.91. The molecule has 0 heterocycles. The predicted molar refractivity (Wildman–Crippen MR) is 71.3 cm³/mol. The maximum absolute atomic E-state index is 9.49. The average Bonchev–Trinajstić information content (AvgIpc) is 2.18. The molecule has 0 aliphatic heterocycles. The molecule has 0 aromatic rings. The second-order valence-electron chi connectivity index (χ2n) is 3.37. The molecule has 6 nitrogen and oxygen atoms in total. The van der Waals surface area contributed by atoms with Crippen LogP contribution in [0.25, 0.3) is 0 Å². The summed E-state index contributed by atoms with van der Waals surface area (Å²) in [7, 11) is 0. The van der Waals surface area contributed by atoms with Crippen LogP contribution in [0.2, 0.25) is 0 Å². The van der Waals surface area contributed by atoms with Gasteiger partial charge in [0.15, 0.2) is 0 Å². The van der Waals surface area contributed by atoms with E-state index >= 15 is 0 Å². The van der Waals surface area contributed by atoms with Crippen LogP contribution in [0.5, 0.6) is 0 Å². The van der Waals surface area contributed by atoms with Gasteiger partial charge in [0.25, 0.3) is 0 Å². The first-order valence-electron chi connectivity index (χ1n) is 5.91. The summed E-state index contributed by atoms with van der Waals surface area (Å²) in [4.78, 5) is 28.5. The van der Waals surface area contributed by atoms with Crippen molar-refractivity contribution in [2.24, 2.45) is 0 Å². The number of halogens is 3. The number of rotatable bonds is 6. The average molecular weight is 422 g/mol. The van der Waals surface area contributed by atoms with Gasteiger partial charge in [0.2, 0.25) is 0 Å². The molecule has 0 saturated heterocycles. The predicted octanol–water partition coefficient (Wildman–Crippen LogP) is -11.1. The van der Waals surface area contributed by atoms with E-state index in [2.05, 4.69) is 0 Å². The molecule has 0 unspecified atom stereocenters. The Morgan fingerprint density at radius 2 is 0.696 bits per heavy atom. The second-order valence-corrected chi connectivity index (χ2v) is 3.37. The van der Waals surface area contributed by atoms with E-state index in [0.717, 1.165) is 0 Å². The van der Waals surface area contributed by atoms with E-state index in [4.69, 9.17) is 0 Å². The smallest absolute Gasteiger partial charge is 1.00 e. The van der Waals surface area contributed by atoms with Crippen LogP contribution in [0.15, 0.2) is 0 Å². The zero-order valence-corrected chi connectivity index (χ0v) is 18.1. The van der Waals surface area contributed by atoms with Crippen LogP contribution in [-0.4, -0.2) is 52.6 Å². The molecule has 23 heavy (non-hydrogen) atoms. The standard InChI is InChI=1S/3C4H8O2.2Al.3ClH/c3*1-2-3-4(5)6;;;;;/h3*2-3H2,1H3,(H,5,6);;;3*1H/q;;;2*+3;;;/p-6. The van der Waals surface area contributed by atoms with Crippen molar-refractivity contribution < 1.29 is 66.9 Å². The van der Waals surface area contributed by atoms with Crippen molar-refractivity contribution in [3.05, 3.63) is 0 Å². The minimum absolute atomic E-state index is 0. The van der Waals surface area contributed by atoms with Crippen LogP contribution in [0.3, 0.4) is 0 Å². The van der Waals surface area contributed by atoms with Gasteiger partial charge < -0.3 is 66.9 Å². The molecular weight excluding hydrogens is 400 g/mol. The quantitative estimate of drug-likeness (QED) is 0.393. The monoisotopic (exact) mass is 420 g/mol. The number of carboxylic acids is 3. The molecule has 11 heteroatoms. The molecule has 0 aromatic carbocycles. The van der Waals surface area contributed by atoms with Crippen molar-refractivity contribution in [1.82, 2.24) is 0 Å². The summed E-state index contributed by atoms with van der Waals surface area (Å²) < 4.78 is 0. The molecule has 0 aromatic heterocycles. The Labute approximate surface area is 178 Å². The third-order valence-electron chi connectivity index (χ3n) is 1.36. The molecule has 0 amide bonds. The van der Waals surface area contributed by atoms with Gasteiger partial charge in [0.1, 0.15) is 0 Å². The first kappa shape index (κ1) is 49.5. The minimum atomic E-state index is -0.961. The van der Waals surface area contributed by atoms with Crippen molar-refractivity contribution >= 4 is 52.6 Å². The topological polar surface area (TPSA) is 120 Å². The van der Waals surface area contributed by atoms with Gasteiger partial charge in [-0.05, 0) is 19.3 Å². The Morgan fingerprint density at radius 3 is 0.696 bits per heavy atom. The number of carboxylic acid groups (broad SMARTS) is 3. The largest absolute Gasteiger partial charge is 3.00 e. The van der Waals surface area contributed by atoms with E-state index in [0.29, 0.717) is 19.3 Å². The zero-order chi connectivity index (χ0) is 15.0. The molecule has 0 fully saturated rings. The van der Waals surface area contributed by atoms with Gasteiger partial charge in [-0.25, -0.2) is 0 Å². The fourth-order valence-corrected chi connectivity index (χ4v) is 0.612. The number of hydrogen-bond acceptors (Lipinski definition) is 6. The number of aliphatic carboxylic acids is 3.